The number of hydrogen-bond acceptors (Lipinski definition) is 3. The Balaban J connectivity index is 2.16. The van der Waals surface area contributed by atoms with E-state index in [9.17, 15) is 9.59 Å². The van der Waals surface area contributed by atoms with E-state index in [1.165, 1.54) is 0 Å². The zero-order chi connectivity index (χ0) is 9.84. The van der Waals surface area contributed by atoms with Gasteiger partial charge in [0.2, 0.25) is 5.91 Å². The van der Waals surface area contributed by atoms with Gasteiger partial charge in [-0.05, 0) is 19.4 Å². The second-order valence-electron chi connectivity index (χ2n) is 3.22. The van der Waals surface area contributed by atoms with Gasteiger partial charge < -0.3 is 16.2 Å². The van der Waals surface area contributed by atoms with E-state index < -0.39 is 11.9 Å². The first kappa shape index (κ1) is 9.98. The van der Waals surface area contributed by atoms with Crippen LogP contribution < -0.4 is 11.1 Å². The second-order valence-corrected chi connectivity index (χ2v) is 3.22. The Morgan fingerprint density at radius 2 is 2.15 bits per heavy atom. The molecule has 0 bridgehead atoms. The van der Waals surface area contributed by atoms with Crippen LogP contribution in [-0.2, 0) is 9.59 Å². The van der Waals surface area contributed by atoms with Gasteiger partial charge >= 0.3 is 5.97 Å². The highest BCUT2D eigenvalue weighted by Gasteiger charge is 2.48. The summed E-state index contributed by atoms with van der Waals surface area (Å²) >= 11 is 0. The molecule has 0 unspecified atom stereocenters. The van der Waals surface area contributed by atoms with Gasteiger partial charge in [0.25, 0.3) is 0 Å². The molecule has 0 aromatic heterocycles. The Kier molecular flexibility index (Phi) is 3.25. The average molecular weight is 186 g/mol. The average Bonchev–Trinajstić information content (AvgIpc) is 2.83. The third-order valence-electron chi connectivity index (χ3n) is 2.12. The summed E-state index contributed by atoms with van der Waals surface area (Å²) in [7, 11) is 0. The molecule has 4 N–H and O–H groups in total. The number of carboxylic acid groups (broad SMARTS) is 1. The van der Waals surface area contributed by atoms with Crippen molar-refractivity contribution in [1.82, 2.24) is 5.32 Å². The van der Waals surface area contributed by atoms with Gasteiger partial charge in [-0.2, -0.15) is 0 Å². The first-order chi connectivity index (χ1) is 6.16. The quantitative estimate of drug-likeness (QED) is 0.489. The van der Waals surface area contributed by atoms with Gasteiger partial charge in [0.15, 0.2) is 0 Å². The van der Waals surface area contributed by atoms with Crippen molar-refractivity contribution in [2.45, 2.75) is 12.8 Å². The van der Waals surface area contributed by atoms with E-state index in [4.69, 9.17) is 10.8 Å². The standard InChI is InChI=1S/C8H14N2O3/c9-2-1-3-10-7(11)5-4-6(5)8(12)13/h5-6H,1-4,9H2,(H,10,11)(H,12,13)/t5-,6+/m1/s1. The molecule has 13 heavy (non-hydrogen) atoms. The fourth-order valence-corrected chi connectivity index (χ4v) is 1.20. The molecule has 1 aliphatic rings. The number of nitrogens with two attached hydrogens (primary N) is 1. The van der Waals surface area contributed by atoms with Gasteiger partial charge in [0.1, 0.15) is 0 Å². The Hall–Kier alpha value is -1.10. The zero-order valence-corrected chi connectivity index (χ0v) is 7.32. The van der Waals surface area contributed by atoms with Crippen molar-refractivity contribution in [3.8, 4) is 0 Å². The van der Waals surface area contributed by atoms with E-state index in [2.05, 4.69) is 5.32 Å². The number of amides is 1. The number of carbonyl (C=O) groups excluding carboxylic acids is 1. The topological polar surface area (TPSA) is 92.4 Å². The molecule has 2 atom stereocenters. The minimum absolute atomic E-state index is 0.152. The van der Waals surface area contributed by atoms with Gasteiger partial charge in [-0.15, -0.1) is 0 Å². The lowest BCUT2D eigenvalue weighted by atomic mass is 10.3. The van der Waals surface area contributed by atoms with Crippen LogP contribution >= 0.6 is 0 Å². The molecular formula is C8H14N2O3. The van der Waals surface area contributed by atoms with Crippen molar-refractivity contribution < 1.29 is 14.7 Å². The molecule has 0 saturated heterocycles. The van der Waals surface area contributed by atoms with Crippen molar-refractivity contribution in [3.05, 3.63) is 0 Å². The number of rotatable bonds is 5. The number of carboxylic acids is 1. The van der Waals surface area contributed by atoms with Crippen LogP contribution in [0.25, 0.3) is 0 Å². The molecule has 1 aliphatic carbocycles. The molecule has 5 heteroatoms. The summed E-state index contributed by atoms with van der Waals surface area (Å²) in [5, 5.41) is 11.2. The SMILES string of the molecule is NCCCNC(=O)[C@@H]1C[C@@H]1C(=O)O. The van der Waals surface area contributed by atoms with Crippen LogP contribution in [0.4, 0.5) is 0 Å². The van der Waals surface area contributed by atoms with Gasteiger partial charge in [-0.1, -0.05) is 0 Å². The van der Waals surface area contributed by atoms with Crippen molar-refractivity contribution in [2.24, 2.45) is 17.6 Å². The second kappa shape index (κ2) is 4.23. The van der Waals surface area contributed by atoms with E-state index in [0.29, 0.717) is 19.5 Å². The van der Waals surface area contributed by atoms with E-state index in [0.717, 1.165) is 6.42 Å². The minimum Gasteiger partial charge on any atom is -0.481 e. The first-order valence-electron chi connectivity index (χ1n) is 4.37. The highest BCUT2D eigenvalue weighted by atomic mass is 16.4. The van der Waals surface area contributed by atoms with Crippen molar-refractivity contribution in [2.75, 3.05) is 13.1 Å². The third-order valence-corrected chi connectivity index (χ3v) is 2.12. The van der Waals surface area contributed by atoms with Crippen LogP contribution in [0.5, 0.6) is 0 Å². The maximum absolute atomic E-state index is 11.2. The van der Waals surface area contributed by atoms with Crippen molar-refractivity contribution in [1.29, 1.82) is 0 Å². The summed E-state index contributed by atoms with van der Waals surface area (Å²) in [5.41, 5.74) is 5.24. The maximum atomic E-state index is 11.2. The zero-order valence-electron chi connectivity index (χ0n) is 7.32. The predicted molar refractivity (Wildman–Crippen MR) is 45.9 cm³/mol. The molecule has 1 amide bonds. The summed E-state index contributed by atoms with van der Waals surface area (Å²) < 4.78 is 0. The van der Waals surface area contributed by atoms with E-state index in [-0.39, 0.29) is 11.8 Å². The normalized spacial score (nSPS) is 25.3. The molecule has 1 saturated carbocycles. The molecular weight excluding hydrogens is 172 g/mol. The third kappa shape index (κ3) is 2.69. The minimum atomic E-state index is -0.876. The van der Waals surface area contributed by atoms with E-state index >= 15 is 0 Å². The van der Waals surface area contributed by atoms with E-state index in [1.54, 1.807) is 0 Å². The highest BCUT2D eigenvalue weighted by Crippen LogP contribution is 2.38. The monoisotopic (exact) mass is 186 g/mol. The Morgan fingerprint density at radius 3 is 2.62 bits per heavy atom. The summed E-state index contributed by atoms with van der Waals surface area (Å²) in [6.45, 7) is 1.07. The molecule has 74 valence electrons. The van der Waals surface area contributed by atoms with Gasteiger partial charge in [-0.25, -0.2) is 0 Å². The van der Waals surface area contributed by atoms with Crippen LogP contribution in [0.15, 0.2) is 0 Å². The molecule has 0 aromatic rings. The summed E-state index contributed by atoms with van der Waals surface area (Å²) in [4.78, 5) is 21.6. The fraction of sp³-hybridized carbons (Fsp3) is 0.750. The smallest absolute Gasteiger partial charge is 0.307 e. The van der Waals surface area contributed by atoms with Crippen LogP contribution in [-0.4, -0.2) is 30.1 Å². The van der Waals surface area contributed by atoms with Gasteiger partial charge in [0, 0.05) is 6.54 Å². The first-order valence-corrected chi connectivity index (χ1v) is 4.37. The molecule has 1 rings (SSSR count). The van der Waals surface area contributed by atoms with Gasteiger partial charge in [0.05, 0.1) is 11.8 Å². The molecule has 1 fully saturated rings. The van der Waals surface area contributed by atoms with Crippen LogP contribution in [0.3, 0.4) is 0 Å². The van der Waals surface area contributed by atoms with Gasteiger partial charge in [-0.3, -0.25) is 9.59 Å². The molecule has 0 aromatic carbocycles. The van der Waals surface area contributed by atoms with Crippen LogP contribution in [0.1, 0.15) is 12.8 Å². The number of nitrogens with one attached hydrogen (secondary N) is 1. The van der Waals surface area contributed by atoms with Crippen molar-refractivity contribution >= 4 is 11.9 Å². The lowest BCUT2D eigenvalue weighted by Crippen LogP contribution is -2.28. The summed E-state index contributed by atoms with van der Waals surface area (Å²) in [6.07, 6.45) is 1.21. The highest BCUT2D eigenvalue weighted by molar-refractivity contribution is 5.89. The fourth-order valence-electron chi connectivity index (χ4n) is 1.20. The maximum Gasteiger partial charge on any atom is 0.307 e. The molecule has 0 aliphatic heterocycles. The summed E-state index contributed by atoms with van der Waals surface area (Å²) in [5.74, 6) is -1.80. The number of aliphatic carboxylic acids is 1. The lowest BCUT2D eigenvalue weighted by molar-refractivity contribution is -0.140. The Bertz CT molecular complexity index is 217. The lowest BCUT2D eigenvalue weighted by Gasteiger charge is -2.01. The Morgan fingerprint density at radius 1 is 1.46 bits per heavy atom. The molecule has 0 spiro atoms. The van der Waals surface area contributed by atoms with Crippen LogP contribution in [0.2, 0.25) is 0 Å². The largest absolute Gasteiger partial charge is 0.481 e. The number of carbonyl (C=O) groups is 2. The predicted octanol–water partition coefficient (Wildman–Crippen LogP) is -0.828. The molecule has 0 radical (unpaired) electrons. The molecule has 0 heterocycles. The molecule has 5 nitrogen and oxygen atoms in total. The van der Waals surface area contributed by atoms with E-state index in [1.807, 2.05) is 0 Å². The Labute approximate surface area is 76.3 Å². The van der Waals surface area contributed by atoms with Crippen molar-refractivity contribution in [3.63, 3.8) is 0 Å². The van der Waals surface area contributed by atoms with Crippen LogP contribution in [0, 0.1) is 11.8 Å². The summed E-state index contributed by atoms with van der Waals surface area (Å²) in [6, 6.07) is 0. The number of hydrogen-bond donors (Lipinski definition) is 3.